The Morgan fingerprint density at radius 2 is 1.67 bits per heavy atom. The van der Waals surface area contributed by atoms with Crippen molar-refractivity contribution in [3.63, 3.8) is 0 Å². The van der Waals surface area contributed by atoms with Crippen LogP contribution in [-0.4, -0.2) is 27.7 Å². The van der Waals surface area contributed by atoms with Gasteiger partial charge in [-0.2, -0.15) is 13.2 Å². The average Bonchev–Trinajstić information content (AvgIpc) is 3.13. The largest absolute Gasteiger partial charge is 0.422 e. The van der Waals surface area contributed by atoms with Crippen LogP contribution < -0.4 is 4.90 Å². The molecule has 1 saturated carbocycles. The Balaban J connectivity index is 1.44. The summed E-state index contributed by atoms with van der Waals surface area (Å²) >= 11 is 0. The van der Waals surface area contributed by atoms with Crippen LogP contribution in [0.5, 0.6) is 0 Å². The fraction of sp³-hybridized carbons (Fsp3) is 0.478. The van der Waals surface area contributed by atoms with Gasteiger partial charge in [0, 0.05) is 25.7 Å². The summed E-state index contributed by atoms with van der Waals surface area (Å²) < 4.78 is 43.9. The molecule has 0 amide bonds. The number of anilines is 1. The average molecular weight is 414 g/mol. The van der Waals surface area contributed by atoms with Crippen LogP contribution in [0.25, 0.3) is 5.65 Å². The number of alkyl halides is 3. The summed E-state index contributed by atoms with van der Waals surface area (Å²) in [5.41, 5.74) is 0.765. The number of aromatic nitrogens is 3. The number of benzene rings is 1. The van der Waals surface area contributed by atoms with Crippen molar-refractivity contribution < 1.29 is 13.2 Å². The number of nitrogens with zero attached hydrogens (tertiary/aromatic N) is 4. The maximum absolute atomic E-state index is 14.1. The van der Waals surface area contributed by atoms with E-state index in [9.17, 15) is 13.2 Å². The van der Waals surface area contributed by atoms with E-state index in [1.807, 2.05) is 23.1 Å². The molecule has 7 heteroatoms. The molecule has 30 heavy (non-hydrogen) atoms. The summed E-state index contributed by atoms with van der Waals surface area (Å²) in [5, 5.41) is 8.10. The fourth-order valence-electron chi connectivity index (χ4n) is 4.80. The van der Waals surface area contributed by atoms with Crippen molar-refractivity contribution in [3.05, 3.63) is 59.5 Å². The molecule has 2 aliphatic rings. The van der Waals surface area contributed by atoms with Crippen molar-refractivity contribution in [1.29, 1.82) is 0 Å². The van der Waals surface area contributed by atoms with Gasteiger partial charge in [-0.25, -0.2) is 0 Å². The summed E-state index contributed by atoms with van der Waals surface area (Å²) in [4.78, 5) is 1.86. The van der Waals surface area contributed by atoms with Gasteiger partial charge in [0.25, 0.3) is 0 Å². The number of fused-ring (bicyclic) bond motifs is 1. The maximum atomic E-state index is 14.1. The Morgan fingerprint density at radius 3 is 2.30 bits per heavy atom. The van der Waals surface area contributed by atoms with Gasteiger partial charge < -0.3 is 4.90 Å². The predicted molar refractivity (Wildman–Crippen MR) is 110 cm³/mol. The van der Waals surface area contributed by atoms with Gasteiger partial charge in [-0.3, -0.25) is 4.40 Å². The van der Waals surface area contributed by atoms with E-state index in [0.717, 1.165) is 25.7 Å². The number of halogens is 3. The molecule has 1 aliphatic heterocycles. The number of hydrogen-bond acceptors (Lipinski definition) is 3. The van der Waals surface area contributed by atoms with Gasteiger partial charge >= 0.3 is 6.18 Å². The van der Waals surface area contributed by atoms with Gasteiger partial charge in [0.05, 0.1) is 5.69 Å². The molecule has 0 spiro atoms. The third kappa shape index (κ3) is 3.55. The molecule has 0 radical (unpaired) electrons. The molecule has 1 aliphatic carbocycles. The molecule has 4 nitrogen and oxygen atoms in total. The van der Waals surface area contributed by atoms with Gasteiger partial charge in [0.2, 0.25) is 0 Å². The number of piperidine rings is 1. The number of rotatable bonds is 4. The summed E-state index contributed by atoms with van der Waals surface area (Å²) in [7, 11) is 0. The monoisotopic (exact) mass is 414 g/mol. The first-order valence-electron chi connectivity index (χ1n) is 10.7. The number of hydrogen-bond donors (Lipinski definition) is 0. The SMILES string of the molecule is FC(F)(F)c1c(N2CCC(c3ccccc3)CC2)ccn2c(CC3CCC3)nnc12. The first-order valence-corrected chi connectivity index (χ1v) is 10.7. The lowest BCUT2D eigenvalue weighted by molar-refractivity contribution is -0.136. The predicted octanol–water partition coefficient (Wildman–Crippen LogP) is 5.47. The van der Waals surface area contributed by atoms with Gasteiger partial charge in [-0.15, -0.1) is 10.2 Å². The van der Waals surface area contributed by atoms with E-state index in [0.29, 0.717) is 37.2 Å². The Hall–Kier alpha value is -2.57. The molecule has 3 aromatic rings. The van der Waals surface area contributed by atoms with Crippen LogP contribution in [-0.2, 0) is 12.6 Å². The zero-order valence-electron chi connectivity index (χ0n) is 16.8. The molecule has 0 atom stereocenters. The maximum Gasteiger partial charge on any atom is 0.422 e. The highest BCUT2D eigenvalue weighted by Crippen LogP contribution is 2.41. The van der Waals surface area contributed by atoms with E-state index in [1.54, 1.807) is 16.7 Å². The molecule has 0 N–H and O–H groups in total. The second kappa shape index (κ2) is 7.60. The van der Waals surface area contributed by atoms with E-state index < -0.39 is 11.7 Å². The lowest BCUT2D eigenvalue weighted by Gasteiger charge is -2.35. The highest BCUT2D eigenvalue weighted by atomic mass is 19.4. The minimum Gasteiger partial charge on any atom is -0.371 e. The Kier molecular flexibility index (Phi) is 4.91. The highest BCUT2D eigenvalue weighted by Gasteiger charge is 2.39. The quantitative estimate of drug-likeness (QED) is 0.567. The standard InChI is InChI=1S/C23H25F3N4/c24-23(25,26)21-19(29-12-9-18(10-13-29)17-7-2-1-3-8-17)11-14-30-20(27-28-22(21)30)15-16-5-4-6-16/h1-3,7-8,11,14,16,18H,4-6,9-10,12-13,15H2. The Morgan fingerprint density at radius 1 is 0.933 bits per heavy atom. The first kappa shape index (κ1) is 19.4. The third-order valence-electron chi connectivity index (χ3n) is 6.71. The number of pyridine rings is 1. The molecule has 0 unspecified atom stereocenters. The van der Waals surface area contributed by atoms with E-state index in [-0.39, 0.29) is 11.3 Å². The van der Waals surface area contributed by atoms with Crippen molar-refractivity contribution in [2.75, 3.05) is 18.0 Å². The van der Waals surface area contributed by atoms with Crippen molar-refractivity contribution in [3.8, 4) is 0 Å². The molecule has 2 aromatic heterocycles. The molecule has 0 bridgehead atoms. The second-order valence-corrected chi connectivity index (χ2v) is 8.56. The zero-order valence-corrected chi connectivity index (χ0v) is 16.8. The molecule has 3 heterocycles. The van der Waals surface area contributed by atoms with Crippen LogP contribution in [0.4, 0.5) is 18.9 Å². The van der Waals surface area contributed by atoms with E-state index in [4.69, 9.17) is 0 Å². The van der Waals surface area contributed by atoms with Crippen molar-refractivity contribution in [2.24, 2.45) is 5.92 Å². The first-order chi connectivity index (χ1) is 14.5. The molecule has 1 aromatic carbocycles. The van der Waals surface area contributed by atoms with Crippen molar-refractivity contribution >= 4 is 11.3 Å². The smallest absolute Gasteiger partial charge is 0.371 e. The van der Waals surface area contributed by atoms with Crippen LogP contribution in [0.1, 0.15) is 55.0 Å². The van der Waals surface area contributed by atoms with Gasteiger partial charge in [-0.05, 0) is 36.3 Å². The van der Waals surface area contributed by atoms with E-state index in [2.05, 4.69) is 22.3 Å². The summed E-state index contributed by atoms with van der Waals surface area (Å²) in [6.07, 6.45) is 3.05. The summed E-state index contributed by atoms with van der Waals surface area (Å²) in [5.74, 6) is 1.54. The lowest BCUT2D eigenvalue weighted by Crippen LogP contribution is -2.34. The van der Waals surface area contributed by atoms with Crippen LogP contribution >= 0.6 is 0 Å². The molecule has 1 saturated heterocycles. The summed E-state index contributed by atoms with van der Waals surface area (Å²) in [6.45, 7) is 1.20. The van der Waals surface area contributed by atoms with E-state index in [1.165, 1.54) is 12.0 Å². The Labute approximate surface area is 173 Å². The lowest BCUT2D eigenvalue weighted by atomic mass is 9.83. The van der Waals surface area contributed by atoms with E-state index >= 15 is 0 Å². The van der Waals surface area contributed by atoms with Crippen LogP contribution in [0.2, 0.25) is 0 Å². The topological polar surface area (TPSA) is 33.4 Å². The zero-order chi connectivity index (χ0) is 20.7. The molecular weight excluding hydrogens is 389 g/mol. The van der Waals surface area contributed by atoms with Crippen LogP contribution in [0.3, 0.4) is 0 Å². The third-order valence-corrected chi connectivity index (χ3v) is 6.71. The Bertz CT molecular complexity index is 1020. The van der Waals surface area contributed by atoms with Crippen molar-refractivity contribution in [1.82, 2.24) is 14.6 Å². The highest BCUT2D eigenvalue weighted by molar-refractivity contribution is 5.67. The molecular formula is C23H25F3N4. The minimum atomic E-state index is -4.48. The van der Waals surface area contributed by atoms with Gasteiger partial charge in [-0.1, -0.05) is 49.6 Å². The molecule has 2 fully saturated rings. The molecule has 158 valence electrons. The van der Waals surface area contributed by atoms with Crippen LogP contribution in [0, 0.1) is 5.92 Å². The normalized spacial score (nSPS) is 18.7. The second-order valence-electron chi connectivity index (χ2n) is 8.56. The van der Waals surface area contributed by atoms with Gasteiger partial charge in [0.1, 0.15) is 11.4 Å². The van der Waals surface area contributed by atoms with Gasteiger partial charge in [0.15, 0.2) is 5.65 Å². The summed E-state index contributed by atoms with van der Waals surface area (Å²) in [6, 6.07) is 11.8. The fourth-order valence-corrected chi connectivity index (χ4v) is 4.80. The minimum absolute atomic E-state index is 0.0699. The van der Waals surface area contributed by atoms with Crippen LogP contribution in [0.15, 0.2) is 42.6 Å². The van der Waals surface area contributed by atoms with Crippen molar-refractivity contribution in [2.45, 2.75) is 50.6 Å². The molecule has 5 rings (SSSR count).